The van der Waals surface area contributed by atoms with Gasteiger partial charge in [0.2, 0.25) is 0 Å². The molecule has 3 heterocycles. The topological polar surface area (TPSA) is 75.8 Å². The molecule has 7 aromatic carbocycles. The number of hydrogen-bond acceptors (Lipinski definition) is 5. The van der Waals surface area contributed by atoms with Crippen molar-refractivity contribution in [2.24, 2.45) is 0 Å². The van der Waals surface area contributed by atoms with Gasteiger partial charge in [-0.3, -0.25) is 0 Å². The van der Waals surface area contributed by atoms with E-state index in [1.165, 1.54) is 47.1 Å². The predicted molar refractivity (Wildman–Crippen MR) is 232 cm³/mol. The van der Waals surface area contributed by atoms with Crippen LogP contribution in [-0.4, -0.2) is 9.97 Å². The lowest BCUT2D eigenvalue weighted by atomic mass is 9.67. The second kappa shape index (κ2) is 12.6. The Kier molecular flexibility index (Phi) is 7.15. The Balaban J connectivity index is 0.986. The third-order valence-electron chi connectivity index (χ3n) is 12.7. The summed E-state index contributed by atoms with van der Waals surface area (Å²) in [6.45, 7) is 0. The molecule has 12 rings (SSSR count). The van der Waals surface area contributed by atoms with E-state index >= 15 is 0 Å². The highest BCUT2D eigenvalue weighted by Crippen LogP contribution is 2.56. The number of para-hydroxylation sites is 2. The second-order valence-corrected chi connectivity index (χ2v) is 15.9. The van der Waals surface area contributed by atoms with Crippen LogP contribution < -0.4 is 0 Å². The third kappa shape index (κ3) is 4.95. The van der Waals surface area contributed by atoms with Crippen molar-refractivity contribution in [3.8, 4) is 62.2 Å². The van der Waals surface area contributed by atoms with Crippen molar-refractivity contribution in [2.75, 3.05) is 0 Å². The number of hydrogen-bond donors (Lipinski definition) is 0. The summed E-state index contributed by atoms with van der Waals surface area (Å²) in [5.74, 6) is 0.645. The number of nitrogens with zero attached hydrogens (tertiary/aromatic N) is 3. The highest BCUT2D eigenvalue weighted by Gasteiger charge is 2.44. The monoisotopic (exact) mass is 745 g/mol. The van der Waals surface area contributed by atoms with Gasteiger partial charge in [-0.25, -0.2) is 9.97 Å². The minimum Gasteiger partial charge on any atom is -0.456 e. The fourth-order valence-corrected chi connectivity index (χ4v) is 9.96. The smallest absolute Gasteiger partial charge is 0.160 e. The first kappa shape index (κ1) is 32.9. The van der Waals surface area contributed by atoms with E-state index in [2.05, 4.69) is 103 Å². The van der Waals surface area contributed by atoms with E-state index < -0.39 is 0 Å². The lowest BCUT2D eigenvalue weighted by molar-refractivity contribution is 0.353. The van der Waals surface area contributed by atoms with Gasteiger partial charge in [0.15, 0.2) is 5.82 Å². The first-order chi connectivity index (χ1) is 28.6. The zero-order chi connectivity index (χ0) is 38.4. The molecule has 0 atom stereocenters. The molecule has 10 aromatic rings. The SMILES string of the molecule is N#Cc1ccc2c(c1)-c1ccc(-c3ccc4oc5c(-c6cc(-c7ccc8c(c7)oc7ccccc78)nc(-c7ccccc7)n6)cccc5c4c3)cc1C21CCCCC1. The Morgan fingerprint density at radius 2 is 1.22 bits per heavy atom. The molecule has 0 bridgehead atoms. The summed E-state index contributed by atoms with van der Waals surface area (Å²) in [5, 5.41) is 14.0. The van der Waals surface area contributed by atoms with Crippen molar-refractivity contribution in [3.05, 3.63) is 168 Å². The summed E-state index contributed by atoms with van der Waals surface area (Å²) in [5.41, 5.74) is 16.1. The number of rotatable bonds is 4. The molecule has 5 heteroatoms. The maximum Gasteiger partial charge on any atom is 0.160 e. The van der Waals surface area contributed by atoms with E-state index in [0.29, 0.717) is 5.82 Å². The Bertz CT molecular complexity index is 3340. The minimum atomic E-state index is 0.00106. The van der Waals surface area contributed by atoms with Crippen LogP contribution in [0.3, 0.4) is 0 Å². The standard InChI is InChI=1S/C53H35N3O2/c54-31-32-16-22-44-42(26-32)37-20-17-35(28-45(37)53(44)24-7-2-8-25-53)34-19-23-49-43(27-34)40-13-9-14-41(51(40)58-49)47-30-46(55-52(56-47)33-10-3-1-4-11-33)36-18-21-39-38-12-5-6-15-48(38)57-50(39)29-36/h1,3-6,9-23,26-30H,2,7-8,24-25H2. The Hall–Kier alpha value is -7.29. The molecule has 0 saturated heterocycles. The summed E-state index contributed by atoms with van der Waals surface area (Å²) in [6.07, 6.45) is 5.99. The van der Waals surface area contributed by atoms with Gasteiger partial charge < -0.3 is 8.83 Å². The normalized spacial score (nSPS) is 14.3. The van der Waals surface area contributed by atoms with Gasteiger partial charge in [-0.2, -0.15) is 5.26 Å². The van der Waals surface area contributed by atoms with Gasteiger partial charge in [-0.15, -0.1) is 0 Å². The van der Waals surface area contributed by atoms with Gasteiger partial charge in [0, 0.05) is 43.7 Å². The van der Waals surface area contributed by atoms with Crippen LogP contribution >= 0.6 is 0 Å². The van der Waals surface area contributed by atoms with Crippen LogP contribution in [0.25, 0.3) is 100 Å². The molecule has 2 aliphatic carbocycles. The molecule has 0 N–H and O–H groups in total. The van der Waals surface area contributed by atoms with E-state index in [1.807, 2.05) is 54.6 Å². The third-order valence-corrected chi connectivity index (χ3v) is 12.7. The van der Waals surface area contributed by atoms with Gasteiger partial charge in [0.25, 0.3) is 0 Å². The summed E-state index contributed by atoms with van der Waals surface area (Å²) in [4.78, 5) is 10.3. The predicted octanol–water partition coefficient (Wildman–Crippen LogP) is 14.0. The maximum atomic E-state index is 9.74. The Labute approximate surface area is 334 Å². The maximum absolute atomic E-state index is 9.74. The van der Waals surface area contributed by atoms with Gasteiger partial charge in [-0.1, -0.05) is 110 Å². The molecule has 2 aliphatic rings. The molecule has 0 unspecified atom stereocenters. The highest BCUT2D eigenvalue weighted by molar-refractivity contribution is 6.11. The Morgan fingerprint density at radius 1 is 0.466 bits per heavy atom. The minimum absolute atomic E-state index is 0.00106. The summed E-state index contributed by atoms with van der Waals surface area (Å²) in [6, 6.07) is 55.2. The Morgan fingerprint density at radius 3 is 2.12 bits per heavy atom. The van der Waals surface area contributed by atoms with Crippen molar-refractivity contribution < 1.29 is 8.83 Å². The first-order valence-corrected chi connectivity index (χ1v) is 20.2. The van der Waals surface area contributed by atoms with Crippen LogP contribution in [-0.2, 0) is 5.41 Å². The molecular formula is C53H35N3O2. The average molecular weight is 746 g/mol. The second-order valence-electron chi connectivity index (χ2n) is 15.9. The summed E-state index contributed by atoms with van der Waals surface area (Å²) < 4.78 is 13.0. The lowest BCUT2D eigenvalue weighted by Crippen LogP contribution is -2.28. The molecular weight excluding hydrogens is 711 g/mol. The lowest BCUT2D eigenvalue weighted by Gasteiger charge is -2.36. The molecule has 0 radical (unpaired) electrons. The van der Waals surface area contributed by atoms with Gasteiger partial charge in [0.1, 0.15) is 22.3 Å². The molecule has 0 amide bonds. The van der Waals surface area contributed by atoms with Crippen LogP contribution in [0.2, 0.25) is 0 Å². The van der Waals surface area contributed by atoms with Gasteiger partial charge >= 0.3 is 0 Å². The van der Waals surface area contributed by atoms with Crippen LogP contribution in [0.1, 0.15) is 48.8 Å². The zero-order valence-electron chi connectivity index (χ0n) is 31.6. The van der Waals surface area contributed by atoms with E-state index in [4.69, 9.17) is 18.8 Å². The molecule has 1 saturated carbocycles. The number of nitriles is 1. The summed E-state index contributed by atoms with van der Waals surface area (Å²) in [7, 11) is 0. The van der Waals surface area contributed by atoms with Crippen molar-refractivity contribution in [2.45, 2.75) is 37.5 Å². The van der Waals surface area contributed by atoms with Gasteiger partial charge in [0.05, 0.1) is 23.0 Å². The number of benzene rings is 7. The van der Waals surface area contributed by atoms with Crippen LogP contribution in [0.5, 0.6) is 0 Å². The van der Waals surface area contributed by atoms with E-state index in [9.17, 15) is 5.26 Å². The van der Waals surface area contributed by atoms with E-state index in [0.717, 1.165) is 95.9 Å². The zero-order valence-corrected chi connectivity index (χ0v) is 31.6. The highest BCUT2D eigenvalue weighted by atomic mass is 16.3. The summed E-state index contributed by atoms with van der Waals surface area (Å²) >= 11 is 0. The largest absolute Gasteiger partial charge is 0.456 e. The first-order valence-electron chi connectivity index (χ1n) is 20.2. The molecule has 0 aliphatic heterocycles. The van der Waals surface area contributed by atoms with Crippen molar-refractivity contribution in [1.82, 2.24) is 9.97 Å². The molecule has 3 aromatic heterocycles. The fraction of sp³-hybridized carbons (Fsp3) is 0.113. The van der Waals surface area contributed by atoms with E-state index in [1.54, 1.807) is 0 Å². The van der Waals surface area contributed by atoms with Crippen LogP contribution in [0, 0.1) is 11.3 Å². The van der Waals surface area contributed by atoms with Crippen molar-refractivity contribution >= 4 is 43.9 Å². The molecule has 274 valence electrons. The molecule has 1 fully saturated rings. The number of aromatic nitrogens is 2. The van der Waals surface area contributed by atoms with Crippen LogP contribution in [0.15, 0.2) is 160 Å². The fourth-order valence-electron chi connectivity index (χ4n) is 9.96. The van der Waals surface area contributed by atoms with Crippen LogP contribution in [0.4, 0.5) is 0 Å². The van der Waals surface area contributed by atoms with E-state index in [-0.39, 0.29) is 5.41 Å². The number of fused-ring (bicyclic) bond motifs is 11. The molecule has 5 nitrogen and oxygen atoms in total. The molecule has 1 spiro atoms. The van der Waals surface area contributed by atoms with Crippen molar-refractivity contribution in [1.29, 1.82) is 5.26 Å². The van der Waals surface area contributed by atoms with Crippen molar-refractivity contribution in [3.63, 3.8) is 0 Å². The quantitative estimate of drug-likeness (QED) is 0.179. The molecule has 58 heavy (non-hydrogen) atoms. The number of furan rings is 2. The average Bonchev–Trinajstić information content (AvgIpc) is 3.94. The van der Waals surface area contributed by atoms with Gasteiger partial charge in [-0.05, 0) is 107 Å².